The number of hydrogen-bond donors (Lipinski definition) is 2. The van der Waals surface area contributed by atoms with Crippen molar-refractivity contribution in [2.24, 2.45) is 0 Å². The number of thiazole rings is 1. The fraction of sp³-hybridized carbons (Fsp3) is 0.583. The lowest BCUT2D eigenvalue weighted by Gasteiger charge is -2.07. The molecular formula is C12H19N5OS. The Balaban J connectivity index is 1.86. The first-order valence-electron chi connectivity index (χ1n) is 6.40. The SMILES string of the molecule is CCCNC(C)c1nnc(NCc2nc(C)cs2)o1. The molecule has 0 aromatic carbocycles. The van der Waals surface area contributed by atoms with Gasteiger partial charge in [0.1, 0.15) is 5.01 Å². The Hall–Kier alpha value is -1.47. The first-order chi connectivity index (χ1) is 9.19. The van der Waals surface area contributed by atoms with Gasteiger partial charge in [-0.3, -0.25) is 0 Å². The maximum absolute atomic E-state index is 5.55. The predicted octanol–water partition coefficient (Wildman–Crippen LogP) is 2.51. The Morgan fingerprint density at radius 3 is 2.95 bits per heavy atom. The van der Waals surface area contributed by atoms with Gasteiger partial charge >= 0.3 is 6.01 Å². The number of anilines is 1. The molecule has 0 aliphatic carbocycles. The molecule has 0 amide bonds. The second kappa shape index (κ2) is 6.63. The Morgan fingerprint density at radius 2 is 2.26 bits per heavy atom. The number of aryl methyl sites for hydroxylation is 1. The van der Waals surface area contributed by atoms with Crippen LogP contribution in [-0.4, -0.2) is 21.7 Å². The summed E-state index contributed by atoms with van der Waals surface area (Å²) in [4.78, 5) is 4.36. The summed E-state index contributed by atoms with van der Waals surface area (Å²) in [6, 6.07) is 0.512. The molecule has 1 atom stereocenters. The van der Waals surface area contributed by atoms with Gasteiger partial charge in [0, 0.05) is 11.1 Å². The second-order valence-electron chi connectivity index (χ2n) is 4.36. The molecule has 2 aromatic rings. The van der Waals surface area contributed by atoms with Crippen molar-refractivity contribution >= 4 is 17.4 Å². The molecule has 0 aliphatic heterocycles. The largest absolute Gasteiger partial charge is 0.406 e. The summed E-state index contributed by atoms with van der Waals surface area (Å²) in [5.74, 6) is 0.603. The highest BCUT2D eigenvalue weighted by atomic mass is 32.1. The fourth-order valence-electron chi connectivity index (χ4n) is 1.56. The number of aromatic nitrogens is 3. The normalized spacial score (nSPS) is 12.6. The van der Waals surface area contributed by atoms with Crippen molar-refractivity contribution in [1.82, 2.24) is 20.5 Å². The van der Waals surface area contributed by atoms with Crippen molar-refractivity contribution < 1.29 is 4.42 Å². The van der Waals surface area contributed by atoms with Gasteiger partial charge in [-0.25, -0.2) is 4.98 Å². The van der Waals surface area contributed by atoms with E-state index >= 15 is 0 Å². The van der Waals surface area contributed by atoms with Gasteiger partial charge in [0.05, 0.1) is 12.6 Å². The Bertz CT molecular complexity index is 510. The van der Waals surface area contributed by atoms with Crippen LogP contribution in [0.5, 0.6) is 0 Å². The van der Waals surface area contributed by atoms with Crippen LogP contribution in [0.2, 0.25) is 0 Å². The topological polar surface area (TPSA) is 75.9 Å². The molecule has 0 fully saturated rings. The lowest BCUT2D eigenvalue weighted by atomic mass is 10.3. The molecule has 2 N–H and O–H groups in total. The average Bonchev–Trinajstić information content (AvgIpc) is 3.02. The molecule has 7 heteroatoms. The molecule has 6 nitrogen and oxygen atoms in total. The third-order valence-electron chi connectivity index (χ3n) is 2.57. The molecule has 0 radical (unpaired) electrons. The van der Waals surface area contributed by atoms with Gasteiger partial charge in [-0.1, -0.05) is 12.0 Å². The van der Waals surface area contributed by atoms with Crippen molar-refractivity contribution in [2.45, 2.75) is 39.8 Å². The first kappa shape index (κ1) is 14.0. The van der Waals surface area contributed by atoms with E-state index in [0.29, 0.717) is 18.5 Å². The summed E-state index contributed by atoms with van der Waals surface area (Å²) in [6.07, 6.45) is 1.08. The van der Waals surface area contributed by atoms with Gasteiger partial charge < -0.3 is 15.1 Å². The summed E-state index contributed by atoms with van der Waals surface area (Å²) < 4.78 is 5.55. The Morgan fingerprint density at radius 1 is 1.42 bits per heavy atom. The van der Waals surface area contributed by atoms with Crippen LogP contribution < -0.4 is 10.6 Å². The number of nitrogens with zero attached hydrogens (tertiary/aromatic N) is 3. The van der Waals surface area contributed by atoms with E-state index in [2.05, 4.69) is 32.7 Å². The molecule has 0 saturated heterocycles. The molecule has 19 heavy (non-hydrogen) atoms. The maximum Gasteiger partial charge on any atom is 0.315 e. The number of rotatable bonds is 7. The third kappa shape index (κ3) is 4.00. The van der Waals surface area contributed by atoms with Crippen LogP contribution in [0, 0.1) is 6.92 Å². The number of nitrogens with one attached hydrogen (secondary N) is 2. The molecule has 2 rings (SSSR count). The van der Waals surface area contributed by atoms with E-state index in [0.717, 1.165) is 23.7 Å². The van der Waals surface area contributed by atoms with E-state index in [1.807, 2.05) is 19.2 Å². The summed E-state index contributed by atoms with van der Waals surface area (Å²) in [5.41, 5.74) is 1.03. The van der Waals surface area contributed by atoms with E-state index in [1.165, 1.54) is 0 Å². The molecular weight excluding hydrogens is 262 g/mol. The van der Waals surface area contributed by atoms with Crippen molar-refractivity contribution in [3.8, 4) is 0 Å². The lowest BCUT2D eigenvalue weighted by molar-refractivity contribution is 0.423. The van der Waals surface area contributed by atoms with Crippen LogP contribution >= 0.6 is 11.3 Å². The Kier molecular flexibility index (Phi) is 4.86. The van der Waals surface area contributed by atoms with Gasteiger partial charge in [-0.05, 0) is 26.8 Å². The molecule has 2 aromatic heterocycles. The minimum Gasteiger partial charge on any atom is -0.406 e. The summed E-state index contributed by atoms with van der Waals surface area (Å²) in [7, 11) is 0. The van der Waals surface area contributed by atoms with Gasteiger partial charge in [0.25, 0.3) is 0 Å². The van der Waals surface area contributed by atoms with E-state index in [1.54, 1.807) is 11.3 Å². The van der Waals surface area contributed by atoms with Crippen molar-refractivity contribution in [2.75, 3.05) is 11.9 Å². The van der Waals surface area contributed by atoms with E-state index < -0.39 is 0 Å². The smallest absolute Gasteiger partial charge is 0.315 e. The van der Waals surface area contributed by atoms with Crippen LogP contribution in [0.3, 0.4) is 0 Å². The van der Waals surface area contributed by atoms with Crippen LogP contribution in [0.1, 0.15) is 42.9 Å². The van der Waals surface area contributed by atoms with Gasteiger partial charge in [-0.15, -0.1) is 16.4 Å². The fourth-order valence-corrected chi connectivity index (χ4v) is 2.28. The van der Waals surface area contributed by atoms with Crippen LogP contribution in [-0.2, 0) is 6.54 Å². The zero-order valence-electron chi connectivity index (χ0n) is 11.4. The van der Waals surface area contributed by atoms with Crippen molar-refractivity contribution in [3.05, 3.63) is 22.0 Å². The highest BCUT2D eigenvalue weighted by molar-refractivity contribution is 7.09. The molecule has 104 valence electrons. The van der Waals surface area contributed by atoms with Gasteiger partial charge in [-0.2, -0.15) is 0 Å². The van der Waals surface area contributed by atoms with Crippen LogP contribution in [0.25, 0.3) is 0 Å². The quantitative estimate of drug-likeness (QED) is 0.812. The molecule has 0 aliphatic rings. The predicted molar refractivity (Wildman–Crippen MR) is 75.2 cm³/mol. The van der Waals surface area contributed by atoms with E-state index in [4.69, 9.17) is 4.42 Å². The molecule has 2 heterocycles. The summed E-state index contributed by atoms with van der Waals surface area (Å²) in [6.45, 7) is 7.65. The van der Waals surface area contributed by atoms with Crippen molar-refractivity contribution in [3.63, 3.8) is 0 Å². The first-order valence-corrected chi connectivity index (χ1v) is 7.28. The maximum atomic E-state index is 5.55. The second-order valence-corrected chi connectivity index (χ2v) is 5.30. The standard InChI is InChI=1S/C12H19N5OS/c1-4-5-13-9(3)11-16-17-12(18-11)14-6-10-15-8(2)7-19-10/h7,9,13H,4-6H2,1-3H3,(H,14,17). The summed E-state index contributed by atoms with van der Waals surface area (Å²) in [5, 5.41) is 17.4. The molecule has 1 unspecified atom stereocenters. The summed E-state index contributed by atoms with van der Waals surface area (Å²) >= 11 is 1.62. The Labute approximate surface area is 116 Å². The highest BCUT2D eigenvalue weighted by Gasteiger charge is 2.13. The zero-order chi connectivity index (χ0) is 13.7. The van der Waals surface area contributed by atoms with Gasteiger partial charge in [0.15, 0.2) is 0 Å². The molecule has 0 spiro atoms. The molecule has 0 saturated carbocycles. The van der Waals surface area contributed by atoms with Crippen molar-refractivity contribution in [1.29, 1.82) is 0 Å². The average molecular weight is 281 g/mol. The lowest BCUT2D eigenvalue weighted by Crippen LogP contribution is -2.19. The van der Waals surface area contributed by atoms with E-state index in [9.17, 15) is 0 Å². The minimum atomic E-state index is 0.0742. The highest BCUT2D eigenvalue weighted by Crippen LogP contribution is 2.15. The van der Waals surface area contributed by atoms with Crippen LogP contribution in [0.15, 0.2) is 9.80 Å². The monoisotopic (exact) mass is 281 g/mol. The van der Waals surface area contributed by atoms with Crippen LogP contribution in [0.4, 0.5) is 6.01 Å². The van der Waals surface area contributed by atoms with E-state index in [-0.39, 0.29) is 6.04 Å². The van der Waals surface area contributed by atoms with Gasteiger partial charge in [0.2, 0.25) is 5.89 Å². The number of hydrogen-bond acceptors (Lipinski definition) is 7. The third-order valence-corrected chi connectivity index (χ3v) is 3.54. The zero-order valence-corrected chi connectivity index (χ0v) is 12.3. The molecule has 0 bridgehead atoms. The minimum absolute atomic E-state index is 0.0742.